The zero-order valence-electron chi connectivity index (χ0n) is 17.4. The van der Waals surface area contributed by atoms with E-state index >= 15 is 0 Å². The number of ether oxygens (including phenoxy) is 1. The third kappa shape index (κ3) is 5.70. The number of phenolic OH excluding ortho intramolecular Hbond substituents is 1. The van der Waals surface area contributed by atoms with Gasteiger partial charge in [-0.05, 0) is 61.5 Å². The van der Waals surface area contributed by atoms with Gasteiger partial charge in [-0.1, -0.05) is 11.6 Å². The van der Waals surface area contributed by atoms with Gasteiger partial charge in [-0.25, -0.2) is 8.42 Å². The third-order valence-electron chi connectivity index (χ3n) is 4.51. The van der Waals surface area contributed by atoms with E-state index in [2.05, 4.69) is 15.2 Å². The van der Waals surface area contributed by atoms with Crippen molar-refractivity contribution in [1.82, 2.24) is 0 Å². The number of benzene rings is 3. The first-order valence-corrected chi connectivity index (χ1v) is 11.2. The van der Waals surface area contributed by atoms with Crippen LogP contribution in [0.1, 0.15) is 12.5 Å². The predicted octanol–water partition coefficient (Wildman–Crippen LogP) is 4.60. The van der Waals surface area contributed by atoms with Crippen molar-refractivity contribution in [2.24, 2.45) is 5.10 Å². The largest absolute Gasteiger partial charge is 0.507 e. The van der Waals surface area contributed by atoms with Crippen LogP contribution in [0.15, 0.2) is 70.7 Å². The van der Waals surface area contributed by atoms with E-state index in [-0.39, 0.29) is 22.0 Å². The smallest absolute Gasteiger partial charge is 0.295 e. The first-order valence-electron chi connectivity index (χ1n) is 9.35. The molecule has 0 spiro atoms. The minimum Gasteiger partial charge on any atom is -0.507 e. The fourth-order valence-corrected chi connectivity index (χ4v) is 4.05. The van der Waals surface area contributed by atoms with E-state index in [4.69, 9.17) is 16.3 Å². The number of nitrogens with one attached hydrogen (secondary N) is 2. The average Bonchev–Trinajstić information content (AvgIpc) is 2.79. The van der Waals surface area contributed by atoms with Crippen LogP contribution in [-0.2, 0) is 10.0 Å². The first-order chi connectivity index (χ1) is 15.6. The summed E-state index contributed by atoms with van der Waals surface area (Å²) in [5.74, 6) is 0.481. The second-order valence-electron chi connectivity index (χ2n) is 6.74. The van der Waals surface area contributed by atoms with Crippen molar-refractivity contribution in [3.8, 4) is 11.5 Å². The highest BCUT2D eigenvalue weighted by Gasteiger charge is 2.22. The van der Waals surface area contributed by atoms with Crippen LogP contribution in [0.25, 0.3) is 0 Å². The molecule has 3 aromatic rings. The van der Waals surface area contributed by atoms with Gasteiger partial charge in [0.25, 0.3) is 15.7 Å². The van der Waals surface area contributed by atoms with Crippen molar-refractivity contribution in [2.75, 3.05) is 17.3 Å². The van der Waals surface area contributed by atoms with Gasteiger partial charge in [0.15, 0.2) is 0 Å². The zero-order chi connectivity index (χ0) is 24.2. The van der Waals surface area contributed by atoms with Crippen molar-refractivity contribution in [1.29, 1.82) is 0 Å². The number of halogens is 1. The molecule has 0 fully saturated rings. The molecule has 3 N–H and O–H groups in total. The molecule has 33 heavy (non-hydrogen) atoms. The summed E-state index contributed by atoms with van der Waals surface area (Å²) in [5, 5.41) is 26.0. The summed E-state index contributed by atoms with van der Waals surface area (Å²) in [7, 11) is -2.61. The Balaban J connectivity index is 1.88. The number of nitrogens with zero attached hydrogens (tertiary/aromatic N) is 2. The van der Waals surface area contributed by atoms with Crippen LogP contribution < -0.4 is 14.9 Å². The molecule has 0 heterocycles. The highest BCUT2D eigenvalue weighted by atomic mass is 35.5. The van der Waals surface area contributed by atoms with Gasteiger partial charge in [-0.2, -0.15) is 5.10 Å². The molecule has 0 saturated carbocycles. The van der Waals surface area contributed by atoms with Crippen molar-refractivity contribution >= 4 is 44.4 Å². The van der Waals surface area contributed by atoms with Crippen LogP contribution in [0, 0.1) is 10.1 Å². The maximum absolute atomic E-state index is 12.7. The number of sulfonamides is 1. The van der Waals surface area contributed by atoms with E-state index in [1.807, 2.05) is 0 Å². The molecule has 0 aliphatic rings. The van der Waals surface area contributed by atoms with E-state index in [1.54, 1.807) is 19.1 Å². The topological polar surface area (TPSA) is 143 Å². The fourth-order valence-electron chi connectivity index (χ4n) is 2.80. The summed E-state index contributed by atoms with van der Waals surface area (Å²) in [4.78, 5) is 10.5. The molecule has 0 unspecified atom stereocenters. The maximum atomic E-state index is 12.7. The van der Waals surface area contributed by atoms with Crippen molar-refractivity contribution < 1.29 is 23.2 Å². The SMILES string of the molecule is COc1ccc(NS(=O)(=O)c2ccc(N/N=C(\C)c3cc(Cl)ccc3O)c([N+](=O)[O-])c2)cc1. The Bertz CT molecular complexity index is 1330. The van der Waals surface area contributed by atoms with Gasteiger partial charge in [0, 0.05) is 22.3 Å². The molecule has 172 valence electrons. The molecule has 0 amide bonds. The molecule has 0 aliphatic carbocycles. The number of phenols is 1. The standard InChI is InChI=1S/C21H19ClN4O6S/c1-13(18-11-14(22)3-10-21(18)27)23-24-19-9-8-17(12-20(19)26(28)29)33(30,31)25-15-4-6-16(32-2)7-5-15/h3-12,24-25,27H,1-2H3/b23-13+. The van der Waals surface area contributed by atoms with Gasteiger partial charge in [-0.15, -0.1) is 0 Å². The number of nitro groups is 1. The Morgan fingerprint density at radius 2 is 1.82 bits per heavy atom. The van der Waals surface area contributed by atoms with Crippen LogP contribution in [0.5, 0.6) is 11.5 Å². The molecule has 0 aromatic heterocycles. The van der Waals surface area contributed by atoms with Gasteiger partial charge in [0.05, 0.1) is 22.6 Å². The molecule has 10 nitrogen and oxygen atoms in total. The number of nitro benzene ring substituents is 1. The lowest BCUT2D eigenvalue weighted by Gasteiger charge is -2.10. The van der Waals surface area contributed by atoms with Crippen molar-refractivity contribution in [3.63, 3.8) is 0 Å². The molecular weight excluding hydrogens is 472 g/mol. The molecule has 0 saturated heterocycles. The van der Waals surface area contributed by atoms with Gasteiger partial charge in [0.1, 0.15) is 17.2 Å². The lowest BCUT2D eigenvalue weighted by atomic mass is 10.1. The second kappa shape index (κ2) is 9.76. The summed E-state index contributed by atoms with van der Waals surface area (Å²) in [5.41, 5.74) is 2.91. The van der Waals surface area contributed by atoms with Gasteiger partial charge >= 0.3 is 0 Å². The zero-order valence-corrected chi connectivity index (χ0v) is 19.0. The first kappa shape index (κ1) is 23.8. The Hall–Kier alpha value is -3.83. The predicted molar refractivity (Wildman–Crippen MR) is 126 cm³/mol. The monoisotopic (exact) mass is 490 g/mol. The Morgan fingerprint density at radius 3 is 2.45 bits per heavy atom. The number of rotatable bonds is 8. The molecule has 0 radical (unpaired) electrons. The number of methoxy groups -OCH3 is 1. The average molecular weight is 491 g/mol. The number of anilines is 2. The van der Waals surface area contributed by atoms with E-state index in [0.29, 0.717) is 22.0 Å². The van der Waals surface area contributed by atoms with Gasteiger partial charge in [0.2, 0.25) is 0 Å². The van der Waals surface area contributed by atoms with Crippen molar-refractivity contribution in [3.05, 3.63) is 81.4 Å². The molecular formula is C21H19ClN4O6S. The summed E-state index contributed by atoms with van der Waals surface area (Å²) < 4.78 is 32.8. The molecule has 3 aromatic carbocycles. The number of hydrogen-bond acceptors (Lipinski definition) is 8. The highest BCUT2D eigenvalue weighted by Crippen LogP contribution is 2.29. The van der Waals surface area contributed by atoms with Gasteiger partial charge < -0.3 is 9.84 Å². The molecule has 3 rings (SSSR count). The Labute approximate surface area is 194 Å². The lowest BCUT2D eigenvalue weighted by Crippen LogP contribution is -2.13. The van der Waals surface area contributed by atoms with Crippen LogP contribution in [0.3, 0.4) is 0 Å². The highest BCUT2D eigenvalue weighted by molar-refractivity contribution is 7.92. The molecule has 12 heteroatoms. The normalized spacial score (nSPS) is 11.7. The summed E-state index contributed by atoms with van der Waals surface area (Å²) >= 11 is 5.93. The summed E-state index contributed by atoms with van der Waals surface area (Å²) in [6.45, 7) is 1.57. The summed E-state index contributed by atoms with van der Waals surface area (Å²) in [6.07, 6.45) is 0. The van der Waals surface area contributed by atoms with Crippen LogP contribution in [0.4, 0.5) is 17.1 Å². The van der Waals surface area contributed by atoms with Crippen LogP contribution in [-0.4, -0.2) is 31.3 Å². The number of aromatic hydroxyl groups is 1. The molecule has 0 bridgehead atoms. The van der Waals surface area contributed by atoms with Crippen LogP contribution >= 0.6 is 11.6 Å². The Morgan fingerprint density at radius 1 is 1.12 bits per heavy atom. The van der Waals surface area contributed by atoms with E-state index in [1.165, 1.54) is 49.6 Å². The lowest BCUT2D eigenvalue weighted by molar-refractivity contribution is -0.384. The van der Waals surface area contributed by atoms with Crippen LogP contribution in [0.2, 0.25) is 5.02 Å². The van der Waals surface area contributed by atoms with Crippen molar-refractivity contribution in [2.45, 2.75) is 11.8 Å². The van der Waals surface area contributed by atoms with Gasteiger partial charge in [-0.3, -0.25) is 20.3 Å². The quantitative estimate of drug-likeness (QED) is 0.238. The minimum atomic E-state index is -4.10. The van der Waals surface area contributed by atoms with E-state index in [0.717, 1.165) is 6.07 Å². The molecule has 0 aliphatic heterocycles. The third-order valence-corrected chi connectivity index (χ3v) is 6.12. The molecule has 0 atom stereocenters. The van der Waals surface area contributed by atoms with E-state index < -0.39 is 20.6 Å². The maximum Gasteiger partial charge on any atom is 0.295 e. The number of hydrazone groups is 1. The second-order valence-corrected chi connectivity index (χ2v) is 8.86. The Kier molecular flexibility index (Phi) is 7.04. The van der Waals surface area contributed by atoms with E-state index in [9.17, 15) is 23.6 Å². The minimum absolute atomic E-state index is 0.0377. The summed E-state index contributed by atoms with van der Waals surface area (Å²) in [6, 6.07) is 13.9. The fraction of sp³-hybridized carbons (Fsp3) is 0.0952. The number of hydrogen-bond donors (Lipinski definition) is 3.